The van der Waals surface area contributed by atoms with Crippen molar-refractivity contribution in [2.75, 3.05) is 6.61 Å². The van der Waals surface area contributed by atoms with Crippen molar-refractivity contribution < 1.29 is 30.7 Å². The predicted molar refractivity (Wildman–Crippen MR) is 126 cm³/mol. The molecule has 0 saturated heterocycles. The molecule has 1 aliphatic rings. The first-order chi connectivity index (χ1) is 17.6. The number of rotatable bonds is 5. The van der Waals surface area contributed by atoms with E-state index in [1.54, 1.807) is 12.1 Å². The van der Waals surface area contributed by atoms with Gasteiger partial charge in [-0.3, -0.25) is 0 Å². The summed E-state index contributed by atoms with van der Waals surface area (Å²) in [5.74, 6) is -1.05. The van der Waals surface area contributed by atoms with Crippen molar-refractivity contribution in [1.82, 2.24) is 15.0 Å². The molecular formula is C26H19F4N3O3S. The van der Waals surface area contributed by atoms with Crippen LogP contribution in [-0.4, -0.2) is 30.0 Å². The quantitative estimate of drug-likeness (QED) is 0.248. The van der Waals surface area contributed by atoms with Crippen LogP contribution < -0.4 is 4.74 Å². The van der Waals surface area contributed by atoms with Gasteiger partial charge in [-0.15, -0.1) is 0 Å². The van der Waals surface area contributed by atoms with Gasteiger partial charge in [-0.2, -0.15) is 17.6 Å². The summed E-state index contributed by atoms with van der Waals surface area (Å²) >= 11 is 0. The second kappa shape index (κ2) is 9.55. The molecule has 4 aromatic rings. The van der Waals surface area contributed by atoms with Gasteiger partial charge in [0.05, 0.1) is 17.1 Å². The van der Waals surface area contributed by atoms with E-state index in [2.05, 4.69) is 15.0 Å². The molecule has 0 fully saturated rings. The van der Waals surface area contributed by atoms with Gasteiger partial charge in [0.2, 0.25) is 5.95 Å². The Bertz CT molecular complexity index is 1540. The summed E-state index contributed by atoms with van der Waals surface area (Å²) in [6, 6.07) is 12.0. The van der Waals surface area contributed by atoms with Gasteiger partial charge in [0.25, 0.3) is 0 Å². The Morgan fingerprint density at radius 3 is 2.41 bits per heavy atom. The molecule has 5 rings (SSSR count). The molecule has 0 amide bonds. The first-order valence-electron chi connectivity index (χ1n) is 11.2. The Labute approximate surface area is 209 Å². The number of nitrogens with zero attached hydrogens (tertiary/aromatic N) is 3. The van der Waals surface area contributed by atoms with E-state index in [0.29, 0.717) is 28.9 Å². The molecule has 6 nitrogen and oxygen atoms in total. The van der Waals surface area contributed by atoms with Crippen molar-refractivity contribution in [2.45, 2.75) is 29.2 Å². The van der Waals surface area contributed by atoms with Crippen molar-refractivity contribution in [3.63, 3.8) is 0 Å². The molecule has 0 aliphatic carbocycles. The maximum Gasteiger partial charge on any atom is 0.416 e. The highest BCUT2D eigenvalue weighted by Gasteiger charge is 2.33. The third-order valence-corrected chi connectivity index (χ3v) is 7.73. The van der Waals surface area contributed by atoms with Gasteiger partial charge in [0, 0.05) is 35.6 Å². The maximum absolute atomic E-state index is 13.5. The number of alkyl halides is 3. The van der Waals surface area contributed by atoms with Gasteiger partial charge in [0.1, 0.15) is 17.3 Å². The minimum atomic E-state index is -4.57. The number of pyridine rings is 1. The van der Waals surface area contributed by atoms with Crippen molar-refractivity contribution in [3.8, 4) is 16.9 Å². The summed E-state index contributed by atoms with van der Waals surface area (Å²) in [5.41, 5.74) is 0.958. The summed E-state index contributed by atoms with van der Waals surface area (Å²) in [6.07, 6.45) is -0.0205. The van der Waals surface area contributed by atoms with E-state index in [1.807, 2.05) is 0 Å². The molecule has 190 valence electrons. The third-order valence-electron chi connectivity index (χ3n) is 6.12. The molecule has 0 unspecified atom stereocenters. The number of hydrogen-bond donors (Lipinski definition) is 0. The summed E-state index contributed by atoms with van der Waals surface area (Å²) in [4.78, 5) is 11.6. The van der Waals surface area contributed by atoms with E-state index in [9.17, 15) is 26.0 Å². The smallest absolute Gasteiger partial charge is 0.416 e. The van der Waals surface area contributed by atoms with E-state index < -0.39 is 33.3 Å². The van der Waals surface area contributed by atoms with E-state index in [0.717, 1.165) is 18.2 Å². The monoisotopic (exact) mass is 529 g/mol. The zero-order chi connectivity index (χ0) is 26.2. The van der Waals surface area contributed by atoms with E-state index in [1.165, 1.54) is 42.9 Å². The molecule has 3 heterocycles. The Kier molecular flexibility index (Phi) is 6.40. The van der Waals surface area contributed by atoms with E-state index in [-0.39, 0.29) is 28.8 Å². The standard InChI is InChI=1S/C26H19F4N3O3S/c27-24-7-2-16(14-33-24)22-12-17(26(28,29)30)3-5-19(22)20-8-11-36-23-13-18(4-6-21(20)23)37(34,35)15-25-31-9-1-10-32-25/h1-7,9-10,12-14,20H,8,11,15H2/t20-/m1/s1. The number of halogens is 4. The van der Waals surface area contributed by atoms with E-state index >= 15 is 0 Å². The summed E-state index contributed by atoms with van der Waals surface area (Å²) in [7, 11) is -3.78. The largest absolute Gasteiger partial charge is 0.493 e. The molecule has 11 heteroatoms. The van der Waals surface area contributed by atoms with Gasteiger partial charge < -0.3 is 4.74 Å². The van der Waals surface area contributed by atoms with Crippen LogP contribution in [0.2, 0.25) is 0 Å². The number of fused-ring (bicyclic) bond motifs is 1. The Morgan fingerprint density at radius 1 is 0.946 bits per heavy atom. The van der Waals surface area contributed by atoms with Crippen LogP contribution in [0.25, 0.3) is 11.1 Å². The number of hydrogen-bond acceptors (Lipinski definition) is 6. The highest BCUT2D eigenvalue weighted by atomic mass is 32.2. The maximum atomic E-state index is 13.5. The zero-order valence-electron chi connectivity index (χ0n) is 19.1. The Balaban J connectivity index is 1.56. The fraction of sp³-hybridized carbons (Fsp3) is 0.192. The normalized spacial score (nSPS) is 15.6. The fourth-order valence-electron chi connectivity index (χ4n) is 4.37. The number of sulfone groups is 1. The first-order valence-corrected chi connectivity index (χ1v) is 12.9. The first kappa shape index (κ1) is 24.8. The SMILES string of the molecule is O=S(=O)(Cc1ncccn1)c1ccc2c(c1)OCC[C@@H]2c1ccc(C(F)(F)F)cc1-c1ccc(F)nc1. The van der Waals surface area contributed by atoms with Crippen LogP contribution in [0.3, 0.4) is 0 Å². The molecule has 0 bridgehead atoms. The van der Waals surface area contributed by atoms with Crippen LogP contribution in [0.5, 0.6) is 5.75 Å². The molecule has 0 saturated carbocycles. The topological polar surface area (TPSA) is 82.0 Å². The van der Waals surface area contributed by atoms with Crippen LogP contribution in [0.1, 0.15) is 34.9 Å². The summed E-state index contributed by atoms with van der Waals surface area (Å²) in [6.45, 7) is 0.227. The highest BCUT2D eigenvalue weighted by molar-refractivity contribution is 7.90. The molecule has 1 aliphatic heterocycles. The van der Waals surface area contributed by atoms with Crippen molar-refractivity contribution in [1.29, 1.82) is 0 Å². The second-order valence-electron chi connectivity index (χ2n) is 8.48. The van der Waals surface area contributed by atoms with Crippen molar-refractivity contribution in [2.24, 2.45) is 0 Å². The summed E-state index contributed by atoms with van der Waals surface area (Å²) < 4.78 is 85.6. The number of aromatic nitrogens is 3. The summed E-state index contributed by atoms with van der Waals surface area (Å²) in [5, 5.41) is 0. The lowest BCUT2D eigenvalue weighted by Gasteiger charge is -2.29. The van der Waals surface area contributed by atoms with Crippen molar-refractivity contribution in [3.05, 3.63) is 102 Å². The van der Waals surface area contributed by atoms with Gasteiger partial charge in [-0.1, -0.05) is 12.1 Å². The molecule has 2 aromatic heterocycles. The molecule has 1 atom stereocenters. The molecule has 2 aromatic carbocycles. The number of benzene rings is 2. The third kappa shape index (κ3) is 5.17. The van der Waals surface area contributed by atoms with Crippen molar-refractivity contribution >= 4 is 9.84 Å². The molecule has 37 heavy (non-hydrogen) atoms. The lowest BCUT2D eigenvalue weighted by molar-refractivity contribution is -0.137. The van der Waals surface area contributed by atoms with E-state index in [4.69, 9.17) is 4.74 Å². The van der Waals surface area contributed by atoms with Gasteiger partial charge in [-0.25, -0.2) is 23.4 Å². The van der Waals surface area contributed by atoms with Crippen LogP contribution in [0, 0.1) is 5.95 Å². The fourth-order valence-corrected chi connectivity index (χ4v) is 5.58. The lowest BCUT2D eigenvalue weighted by Crippen LogP contribution is -2.17. The van der Waals surface area contributed by atoms with Gasteiger partial charge in [-0.05, 0) is 60.0 Å². The van der Waals surface area contributed by atoms with Gasteiger partial charge >= 0.3 is 6.18 Å². The number of ether oxygens (including phenoxy) is 1. The zero-order valence-corrected chi connectivity index (χ0v) is 19.9. The minimum Gasteiger partial charge on any atom is -0.493 e. The molecule has 0 radical (unpaired) electrons. The average molecular weight is 530 g/mol. The van der Waals surface area contributed by atoms with Crippen LogP contribution in [0.4, 0.5) is 17.6 Å². The minimum absolute atomic E-state index is 0.0229. The van der Waals surface area contributed by atoms with Crippen LogP contribution >= 0.6 is 0 Å². The predicted octanol–water partition coefficient (Wildman–Crippen LogP) is 5.58. The molecular weight excluding hydrogens is 510 g/mol. The molecule has 0 spiro atoms. The highest BCUT2D eigenvalue weighted by Crippen LogP contribution is 2.44. The Morgan fingerprint density at radius 2 is 1.70 bits per heavy atom. The van der Waals surface area contributed by atoms with Crippen LogP contribution in [-0.2, 0) is 21.8 Å². The lowest BCUT2D eigenvalue weighted by atomic mass is 9.82. The molecule has 0 N–H and O–H groups in total. The average Bonchev–Trinajstić information content (AvgIpc) is 2.88. The van der Waals surface area contributed by atoms with Gasteiger partial charge in [0.15, 0.2) is 9.84 Å². The van der Waals surface area contributed by atoms with Crippen LogP contribution in [0.15, 0.2) is 78.1 Å². The second-order valence-corrected chi connectivity index (χ2v) is 10.5. The Hall–Kier alpha value is -3.86.